The van der Waals surface area contributed by atoms with E-state index in [9.17, 15) is 9.90 Å². The number of nitrogens with one attached hydrogen (secondary N) is 3. The molecular weight excluding hydrogens is 506 g/mol. The second-order valence-corrected chi connectivity index (χ2v) is 9.30. The highest BCUT2D eigenvalue weighted by Gasteiger charge is 2.18. The SMILES string of the molecule is CC(C)Nc1cc(-c2c[nH]c(C(=O)N[C@H](CO)c3cccc(Cl)c3)c2)c(Cl)cn1.O=P(O)(O)O. The molecule has 1 aromatic carbocycles. The van der Waals surface area contributed by atoms with E-state index in [0.717, 1.165) is 16.7 Å². The van der Waals surface area contributed by atoms with E-state index < -0.39 is 13.9 Å². The number of aromatic amines is 1. The molecule has 3 rings (SSSR count). The van der Waals surface area contributed by atoms with Gasteiger partial charge in [0.05, 0.1) is 17.7 Å². The molecule has 1 atom stereocenters. The molecule has 184 valence electrons. The smallest absolute Gasteiger partial charge is 0.394 e. The van der Waals surface area contributed by atoms with Crippen LogP contribution in [0.2, 0.25) is 10.0 Å². The van der Waals surface area contributed by atoms with Gasteiger partial charge in [0.2, 0.25) is 0 Å². The van der Waals surface area contributed by atoms with Crippen molar-refractivity contribution in [2.24, 2.45) is 0 Å². The Balaban J connectivity index is 0.000000739. The summed E-state index contributed by atoms with van der Waals surface area (Å²) < 4.78 is 8.88. The molecule has 0 aliphatic rings. The van der Waals surface area contributed by atoms with E-state index in [1.807, 2.05) is 19.9 Å². The fourth-order valence-electron chi connectivity index (χ4n) is 2.91. The zero-order chi connectivity index (χ0) is 25.5. The number of aliphatic hydroxyl groups is 1. The fourth-order valence-corrected chi connectivity index (χ4v) is 3.32. The molecule has 3 aromatic rings. The molecule has 10 nitrogen and oxygen atoms in total. The first-order valence-electron chi connectivity index (χ1n) is 9.93. The summed E-state index contributed by atoms with van der Waals surface area (Å²) in [7, 11) is -4.64. The van der Waals surface area contributed by atoms with Crippen LogP contribution in [0.4, 0.5) is 5.82 Å². The number of aromatic nitrogens is 2. The van der Waals surface area contributed by atoms with Crippen molar-refractivity contribution in [3.63, 3.8) is 0 Å². The lowest BCUT2D eigenvalue weighted by Crippen LogP contribution is -2.31. The molecule has 0 spiro atoms. The second-order valence-electron chi connectivity index (χ2n) is 7.43. The molecule has 0 fully saturated rings. The summed E-state index contributed by atoms with van der Waals surface area (Å²) in [5.41, 5.74) is 2.60. The maximum atomic E-state index is 12.7. The highest BCUT2D eigenvalue weighted by Crippen LogP contribution is 2.30. The normalized spacial score (nSPS) is 12.0. The van der Waals surface area contributed by atoms with Gasteiger partial charge < -0.3 is 35.4 Å². The van der Waals surface area contributed by atoms with Gasteiger partial charge in [-0.15, -0.1) is 0 Å². The van der Waals surface area contributed by atoms with Crippen molar-refractivity contribution in [2.45, 2.75) is 25.9 Å². The van der Waals surface area contributed by atoms with E-state index in [1.54, 1.807) is 42.7 Å². The van der Waals surface area contributed by atoms with Crippen molar-refractivity contribution in [3.05, 3.63) is 70.1 Å². The summed E-state index contributed by atoms with van der Waals surface area (Å²) in [5.74, 6) is 0.355. The van der Waals surface area contributed by atoms with Crippen LogP contribution in [0.1, 0.15) is 35.9 Å². The summed E-state index contributed by atoms with van der Waals surface area (Å²) in [6.07, 6.45) is 3.29. The maximum absolute atomic E-state index is 12.7. The molecule has 7 N–H and O–H groups in total. The molecule has 0 bridgehead atoms. The van der Waals surface area contributed by atoms with Crippen LogP contribution in [-0.2, 0) is 4.57 Å². The molecule has 1 amide bonds. The Labute approximate surface area is 206 Å². The zero-order valence-electron chi connectivity index (χ0n) is 18.2. The second kappa shape index (κ2) is 12.3. The van der Waals surface area contributed by atoms with E-state index in [4.69, 9.17) is 42.4 Å². The van der Waals surface area contributed by atoms with Gasteiger partial charge in [-0.05, 0) is 43.7 Å². The first-order valence-corrected chi connectivity index (χ1v) is 12.3. The number of carbonyl (C=O) groups excluding carboxylic acids is 1. The van der Waals surface area contributed by atoms with E-state index in [0.29, 0.717) is 21.6 Å². The number of carbonyl (C=O) groups is 1. The van der Waals surface area contributed by atoms with Crippen molar-refractivity contribution >= 4 is 42.7 Å². The molecule has 0 aliphatic carbocycles. The number of halogens is 2. The Kier molecular flexibility index (Phi) is 10.1. The van der Waals surface area contributed by atoms with Crippen LogP contribution in [0.15, 0.2) is 48.8 Å². The number of anilines is 1. The third kappa shape index (κ3) is 9.08. The standard InChI is InChI=1S/C21H22Cl2N4O2.H3O4P/c1-12(2)26-20-8-16(17(23)10-25-20)14-7-18(24-9-14)21(29)27-19(11-28)13-4-3-5-15(22)6-13;1-5(2,3)4/h3-10,12,19,24,28H,11H2,1-2H3,(H,25,26)(H,27,29);(H3,1,2,3,4)/t19-;/m1./s1. The number of rotatable bonds is 7. The lowest BCUT2D eigenvalue weighted by Gasteiger charge is -2.16. The number of amides is 1. The summed E-state index contributed by atoms with van der Waals surface area (Å²) in [5, 5.41) is 16.7. The first-order chi connectivity index (χ1) is 15.9. The monoisotopic (exact) mass is 530 g/mol. The van der Waals surface area contributed by atoms with Crippen molar-refractivity contribution in [1.82, 2.24) is 15.3 Å². The third-order valence-corrected chi connectivity index (χ3v) is 4.81. The summed E-state index contributed by atoms with van der Waals surface area (Å²) in [6.45, 7) is 3.79. The minimum atomic E-state index is -4.64. The fraction of sp³-hybridized carbons (Fsp3) is 0.238. The number of H-pyrrole nitrogens is 1. The number of pyridine rings is 1. The highest BCUT2D eigenvalue weighted by molar-refractivity contribution is 7.45. The van der Waals surface area contributed by atoms with Crippen LogP contribution in [-0.4, -0.2) is 48.3 Å². The van der Waals surface area contributed by atoms with Gasteiger partial charge in [0.25, 0.3) is 5.91 Å². The number of nitrogens with zero attached hydrogens (tertiary/aromatic N) is 1. The van der Waals surface area contributed by atoms with Crippen molar-refractivity contribution in [2.75, 3.05) is 11.9 Å². The molecule has 0 aliphatic heterocycles. The molecule has 2 aromatic heterocycles. The minimum absolute atomic E-state index is 0.228. The molecule has 2 heterocycles. The summed E-state index contributed by atoms with van der Waals surface area (Å²) in [6, 6.07) is 10.2. The molecule has 34 heavy (non-hydrogen) atoms. The molecule has 13 heteroatoms. The van der Waals surface area contributed by atoms with E-state index in [2.05, 4.69) is 20.6 Å². The van der Waals surface area contributed by atoms with Crippen molar-refractivity contribution in [3.8, 4) is 11.1 Å². The summed E-state index contributed by atoms with van der Waals surface area (Å²) >= 11 is 12.3. The van der Waals surface area contributed by atoms with Crippen LogP contribution in [0, 0.1) is 0 Å². The average molecular weight is 531 g/mol. The topological polar surface area (TPSA) is 168 Å². The van der Waals surface area contributed by atoms with Crippen LogP contribution in [0.25, 0.3) is 11.1 Å². The Morgan fingerprint density at radius 3 is 2.44 bits per heavy atom. The van der Waals surface area contributed by atoms with Gasteiger partial charge in [-0.3, -0.25) is 4.79 Å². The molecular formula is C21H25Cl2N4O6P. The van der Waals surface area contributed by atoms with Gasteiger partial charge in [0.15, 0.2) is 0 Å². The van der Waals surface area contributed by atoms with Gasteiger partial charge in [0.1, 0.15) is 11.5 Å². The number of hydrogen-bond donors (Lipinski definition) is 7. The molecule has 0 unspecified atom stereocenters. The van der Waals surface area contributed by atoms with Crippen LogP contribution in [0.5, 0.6) is 0 Å². The van der Waals surface area contributed by atoms with E-state index >= 15 is 0 Å². The maximum Gasteiger partial charge on any atom is 0.466 e. The minimum Gasteiger partial charge on any atom is -0.394 e. The highest BCUT2D eigenvalue weighted by atomic mass is 35.5. The van der Waals surface area contributed by atoms with Crippen LogP contribution >= 0.6 is 31.0 Å². The van der Waals surface area contributed by atoms with Gasteiger partial charge in [-0.25, -0.2) is 9.55 Å². The third-order valence-electron chi connectivity index (χ3n) is 4.27. The molecule has 0 radical (unpaired) electrons. The predicted octanol–water partition coefficient (Wildman–Crippen LogP) is 3.74. The van der Waals surface area contributed by atoms with Crippen LogP contribution < -0.4 is 10.6 Å². The molecule has 0 saturated carbocycles. The number of aliphatic hydroxyl groups excluding tert-OH is 1. The Hall–Kier alpha value is -2.43. The van der Waals surface area contributed by atoms with Gasteiger partial charge in [-0.1, -0.05) is 35.3 Å². The van der Waals surface area contributed by atoms with Gasteiger partial charge >= 0.3 is 7.82 Å². The van der Waals surface area contributed by atoms with E-state index in [1.165, 1.54) is 0 Å². The zero-order valence-corrected chi connectivity index (χ0v) is 20.6. The number of benzene rings is 1. The van der Waals surface area contributed by atoms with Gasteiger partial charge in [-0.2, -0.15) is 0 Å². The number of phosphoric acid groups is 1. The number of hydrogen-bond acceptors (Lipinski definition) is 5. The molecule has 0 saturated heterocycles. The first kappa shape index (κ1) is 27.8. The Bertz CT molecular complexity index is 1160. The van der Waals surface area contributed by atoms with Crippen LogP contribution in [0.3, 0.4) is 0 Å². The largest absolute Gasteiger partial charge is 0.466 e. The predicted molar refractivity (Wildman–Crippen MR) is 131 cm³/mol. The van der Waals surface area contributed by atoms with Crippen molar-refractivity contribution < 1.29 is 29.1 Å². The summed E-state index contributed by atoms with van der Waals surface area (Å²) in [4.78, 5) is 41.5. The quantitative estimate of drug-likeness (QED) is 0.226. The Morgan fingerprint density at radius 2 is 1.85 bits per heavy atom. The Morgan fingerprint density at radius 1 is 1.18 bits per heavy atom. The van der Waals surface area contributed by atoms with Crippen molar-refractivity contribution in [1.29, 1.82) is 0 Å². The lowest BCUT2D eigenvalue weighted by atomic mass is 10.1. The van der Waals surface area contributed by atoms with Gasteiger partial charge in [0, 0.05) is 34.6 Å². The lowest BCUT2D eigenvalue weighted by molar-refractivity contribution is 0.0911. The average Bonchev–Trinajstić information content (AvgIpc) is 3.22. The van der Waals surface area contributed by atoms with E-state index in [-0.39, 0.29) is 18.6 Å².